The van der Waals surface area contributed by atoms with E-state index in [1.165, 1.54) is 63.4 Å². The Bertz CT molecular complexity index is 1050. The summed E-state index contributed by atoms with van der Waals surface area (Å²) in [6.07, 6.45) is 4.58. The summed E-state index contributed by atoms with van der Waals surface area (Å²) >= 11 is 0. The molecule has 3 rings (SSSR count). The highest BCUT2D eigenvalue weighted by atomic mass is 32.2. The van der Waals surface area contributed by atoms with E-state index in [1.807, 2.05) is 13.0 Å². The first-order chi connectivity index (χ1) is 14.8. The first kappa shape index (κ1) is 23.1. The summed E-state index contributed by atoms with van der Waals surface area (Å²) < 4.78 is 37.2. The van der Waals surface area contributed by atoms with Crippen LogP contribution in [0.25, 0.3) is 0 Å². The topological polar surface area (TPSA) is 84.9 Å². The van der Waals surface area contributed by atoms with Gasteiger partial charge in [-0.25, -0.2) is 8.42 Å². The van der Waals surface area contributed by atoms with Gasteiger partial charge in [0.05, 0.1) is 31.7 Å². The smallest absolute Gasteiger partial charge is 0.243 e. The van der Waals surface area contributed by atoms with Gasteiger partial charge in [0, 0.05) is 13.1 Å². The first-order valence-electron chi connectivity index (χ1n) is 10.4. The molecule has 1 N–H and O–H groups in total. The highest BCUT2D eigenvalue weighted by molar-refractivity contribution is 7.89. The highest BCUT2D eigenvalue weighted by Gasteiger charge is 2.25. The monoisotopic (exact) mass is 446 g/mol. The third-order valence-electron chi connectivity index (χ3n) is 5.68. The molecule has 8 heteroatoms. The Labute approximate surface area is 184 Å². The number of benzene rings is 2. The van der Waals surface area contributed by atoms with Gasteiger partial charge in [0.25, 0.3) is 0 Å². The number of methoxy groups -OCH3 is 2. The fourth-order valence-corrected chi connectivity index (χ4v) is 4.98. The van der Waals surface area contributed by atoms with Crippen molar-refractivity contribution in [2.75, 3.05) is 27.8 Å². The summed E-state index contributed by atoms with van der Waals surface area (Å²) in [6, 6.07) is 10.5. The molecule has 168 valence electrons. The molecule has 31 heavy (non-hydrogen) atoms. The number of likely N-dealkylation sites (N-methyl/N-ethyl adjacent to an activating group) is 1. The van der Waals surface area contributed by atoms with Crippen molar-refractivity contribution in [2.45, 2.75) is 43.5 Å². The van der Waals surface area contributed by atoms with Crippen molar-refractivity contribution in [1.29, 1.82) is 0 Å². The molecule has 1 amide bonds. The van der Waals surface area contributed by atoms with Crippen LogP contribution < -0.4 is 14.8 Å². The molecule has 7 nitrogen and oxygen atoms in total. The molecule has 0 bridgehead atoms. The lowest BCUT2D eigenvalue weighted by molar-refractivity contribution is -0.121. The van der Waals surface area contributed by atoms with Crippen LogP contribution >= 0.6 is 0 Å². The molecular formula is C23H30N2O5S. The summed E-state index contributed by atoms with van der Waals surface area (Å²) in [4.78, 5) is 12.6. The molecule has 2 aromatic carbocycles. The van der Waals surface area contributed by atoms with Crippen molar-refractivity contribution in [2.24, 2.45) is 0 Å². The summed E-state index contributed by atoms with van der Waals surface area (Å²) in [7, 11) is 0.433. The van der Waals surface area contributed by atoms with Crippen LogP contribution in [0.4, 0.5) is 0 Å². The Balaban J connectivity index is 1.67. The fraction of sp³-hybridized carbons (Fsp3) is 0.435. The fourth-order valence-electron chi connectivity index (χ4n) is 3.84. The van der Waals surface area contributed by atoms with Crippen molar-refractivity contribution in [1.82, 2.24) is 9.62 Å². The Morgan fingerprint density at radius 2 is 1.71 bits per heavy atom. The minimum atomic E-state index is -3.87. The SMILES string of the molecule is COc1ccc(S(=O)(=O)N(C)CC(=O)N[C@@H](C)c2ccc3c(c2)CCCC3)cc1OC. The number of ether oxygens (including phenoxy) is 2. The van der Waals surface area contributed by atoms with Gasteiger partial charge in [-0.3, -0.25) is 4.79 Å². The minimum absolute atomic E-state index is 0.0307. The van der Waals surface area contributed by atoms with Crippen LogP contribution in [0.3, 0.4) is 0 Å². The van der Waals surface area contributed by atoms with E-state index >= 15 is 0 Å². The maximum atomic E-state index is 12.9. The number of carbonyl (C=O) groups excluding carboxylic acids is 1. The van der Waals surface area contributed by atoms with Gasteiger partial charge in [0.2, 0.25) is 15.9 Å². The number of fused-ring (bicyclic) bond motifs is 1. The summed E-state index contributed by atoms with van der Waals surface area (Å²) in [6.45, 7) is 1.62. The van der Waals surface area contributed by atoms with Gasteiger partial charge >= 0.3 is 0 Å². The van der Waals surface area contributed by atoms with Crippen molar-refractivity contribution in [3.63, 3.8) is 0 Å². The van der Waals surface area contributed by atoms with Gasteiger partial charge in [0.15, 0.2) is 11.5 Å². The molecule has 0 fully saturated rings. The van der Waals surface area contributed by atoms with Crippen LogP contribution in [0, 0.1) is 0 Å². The molecule has 0 aromatic heterocycles. The third kappa shape index (κ3) is 5.19. The number of sulfonamides is 1. The largest absolute Gasteiger partial charge is 0.493 e. The molecule has 1 aliphatic rings. The van der Waals surface area contributed by atoms with Crippen LogP contribution in [0.1, 0.15) is 42.5 Å². The number of hydrogen-bond acceptors (Lipinski definition) is 5. The standard InChI is InChI=1S/C23H30N2O5S/c1-16(18-10-9-17-7-5-6-8-19(17)13-18)24-23(26)15-25(2)31(27,28)20-11-12-21(29-3)22(14-20)30-4/h9-14,16H,5-8,15H2,1-4H3,(H,24,26)/t16-/m0/s1. The zero-order chi connectivity index (χ0) is 22.6. The average Bonchev–Trinajstić information content (AvgIpc) is 2.77. The van der Waals surface area contributed by atoms with Crippen molar-refractivity contribution >= 4 is 15.9 Å². The second-order valence-electron chi connectivity index (χ2n) is 7.80. The van der Waals surface area contributed by atoms with E-state index < -0.39 is 10.0 Å². The predicted molar refractivity (Wildman–Crippen MR) is 119 cm³/mol. The molecule has 1 aliphatic carbocycles. The quantitative estimate of drug-likeness (QED) is 0.674. The highest BCUT2D eigenvalue weighted by Crippen LogP contribution is 2.30. The number of rotatable bonds is 8. The number of hydrogen-bond donors (Lipinski definition) is 1. The molecule has 0 unspecified atom stereocenters. The Kier molecular flexibility index (Phi) is 7.23. The molecule has 2 aromatic rings. The lowest BCUT2D eigenvalue weighted by Crippen LogP contribution is -2.39. The van der Waals surface area contributed by atoms with E-state index in [-0.39, 0.29) is 23.4 Å². The maximum Gasteiger partial charge on any atom is 0.243 e. The number of carbonyl (C=O) groups is 1. The zero-order valence-corrected chi connectivity index (χ0v) is 19.3. The summed E-state index contributed by atoms with van der Waals surface area (Å²) in [5, 5.41) is 2.91. The van der Waals surface area contributed by atoms with Gasteiger partial charge in [-0.2, -0.15) is 4.31 Å². The van der Waals surface area contributed by atoms with E-state index in [0.717, 1.165) is 22.7 Å². The van der Waals surface area contributed by atoms with Crippen LogP contribution in [0.15, 0.2) is 41.3 Å². The lowest BCUT2D eigenvalue weighted by atomic mass is 9.89. The maximum absolute atomic E-state index is 12.9. The molecule has 0 saturated carbocycles. The van der Waals surface area contributed by atoms with Crippen molar-refractivity contribution in [3.05, 3.63) is 53.1 Å². The summed E-state index contributed by atoms with van der Waals surface area (Å²) in [5.41, 5.74) is 3.76. The van der Waals surface area contributed by atoms with E-state index in [2.05, 4.69) is 17.4 Å². The molecule has 1 atom stereocenters. The molecular weight excluding hydrogens is 416 g/mol. The van der Waals surface area contributed by atoms with E-state index in [1.54, 1.807) is 0 Å². The van der Waals surface area contributed by atoms with Crippen molar-refractivity contribution < 1.29 is 22.7 Å². The van der Waals surface area contributed by atoms with E-state index in [0.29, 0.717) is 11.5 Å². The first-order valence-corrected chi connectivity index (χ1v) is 11.8. The van der Waals surface area contributed by atoms with Crippen LogP contribution in [0.2, 0.25) is 0 Å². The average molecular weight is 447 g/mol. The number of nitrogens with one attached hydrogen (secondary N) is 1. The van der Waals surface area contributed by atoms with Gasteiger partial charge in [-0.05, 0) is 61.4 Å². The van der Waals surface area contributed by atoms with Gasteiger partial charge < -0.3 is 14.8 Å². The molecule has 0 radical (unpaired) electrons. The van der Waals surface area contributed by atoms with E-state index in [9.17, 15) is 13.2 Å². The lowest BCUT2D eigenvalue weighted by Gasteiger charge is -2.22. The minimum Gasteiger partial charge on any atom is -0.493 e. The predicted octanol–water partition coefficient (Wildman–Crippen LogP) is 3.08. The zero-order valence-electron chi connectivity index (χ0n) is 18.5. The van der Waals surface area contributed by atoms with Crippen molar-refractivity contribution in [3.8, 4) is 11.5 Å². The molecule has 0 saturated heterocycles. The second-order valence-corrected chi connectivity index (χ2v) is 9.85. The second kappa shape index (κ2) is 9.70. The van der Waals surface area contributed by atoms with Gasteiger partial charge in [0.1, 0.15) is 0 Å². The normalized spacial score (nSPS) is 14.6. The van der Waals surface area contributed by atoms with Crippen LogP contribution in [0.5, 0.6) is 11.5 Å². The number of amides is 1. The molecule has 0 heterocycles. The Morgan fingerprint density at radius 1 is 1.03 bits per heavy atom. The van der Waals surface area contributed by atoms with E-state index in [4.69, 9.17) is 9.47 Å². The summed E-state index contributed by atoms with van der Waals surface area (Å²) in [5.74, 6) is 0.375. The number of aryl methyl sites for hydroxylation is 2. The Morgan fingerprint density at radius 3 is 2.39 bits per heavy atom. The molecule has 0 spiro atoms. The third-order valence-corrected chi connectivity index (χ3v) is 7.48. The number of nitrogens with zero attached hydrogens (tertiary/aromatic N) is 1. The van der Waals surface area contributed by atoms with Gasteiger partial charge in [-0.1, -0.05) is 18.2 Å². The van der Waals surface area contributed by atoms with Gasteiger partial charge in [-0.15, -0.1) is 0 Å². The Hall–Kier alpha value is -2.58. The molecule has 0 aliphatic heterocycles. The van der Waals surface area contributed by atoms with Crippen LogP contribution in [-0.4, -0.2) is 46.4 Å². The van der Waals surface area contributed by atoms with Crippen LogP contribution in [-0.2, 0) is 27.7 Å².